The van der Waals surface area contributed by atoms with Crippen LogP contribution >= 0.6 is 0 Å². The molecular formula is C9H10N4O3. The van der Waals surface area contributed by atoms with E-state index in [0.717, 1.165) is 11.3 Å². The summed E-state index contributed by atoms with van der Waals surface area (Å²) >= 11 is 0. The lowest BCUT2D eigenvalue weighted by atomic mass is 10.2. The smallest absolute Gasteiger partial charge is 0.316 e. The predicted octanol–water partition coefficient (Wildman–Crippen LogP) is -0.607. The molecule has 2 amide bonds. The van der Waals surface area contributed by atoms with Crippen LogP contribution in [0.2, 0.25) is 0 Å². The molecule has 1 saturated heterocycles. The molecule has 2 heterocycles. The largest absolute Gasteiger partial charge is 0.361 e. The molecule has 2 rings (SSSR count). The average molecular weight is 222 g/mol. The van der Waals surface area contributed by atoms with Crippen molar-refractivity contribution in [2.75, 3.05) is 0 Å². The highest BCUT2D eigenvalue weighted by molar-refractivity contribution is 6.45. The molecule has 0 unspecified atom stereocenters. The van der Waals surface area contributed by atoms with Crippen LogP contribution in [0, 0.1) is 13.8 Å². The first kappa shape index (κ1) is 10.3. The van der Waals surface area contributed by atoms with Crippen LogP contribution in [0.5, 0.6) is 0 Å². The minimum atomic E-state index is -0.697. The van der Waals surface area contributed by atoms with Gasteiger partial charge >= 0.3 is 11.8 Å². The standard InChI is InChI=1S/C9H10N4O3/c1-4-6(5(2)16-13-4)3-10-9-11-7(14)8(15)12-9/h3H2,1-2H3,(H2,10,11,12,14,15). The van der Waals surface area contributed by atoms with Crippen molar-refractivity contribution in [1.29, 1.82) is 0 Å². The lowest BCUT2D eigenvalue weighted by Crippen LogP contribution is -2.25. The van der Waals surface area contributed by atoms with Gasteiger partial charge in [0.2, 0.25) is 5.96 Å². The first-order chi connectivity index (χ1) is 7.58. The molecule has 1 aromatic heterocycles. The molecule has 1 aliphatic heterocycles. The van der Waals surface area contributed by atoms with E-state index in [-0.39, 0.29) is 5.96 Å². The van der Waals surface area contributed by atoms with Gasteiger partial charge in [0.05, 0.1) is 12.2 Å². The Morgan fingerprint density at radius 2 is 1.88 bits per heavy atom. The van der Waals surface area contributed by atoms with Crippen molar-refractivity contribution in [3.05, 3.63) is 17.0 Å². The number of rotatable bonds is 2. The molecule has 16 heavy (non-hydrogen) atoms. The second-order valence-corrected chi connectivity index (χ2v) is 3.38. The Hall–Kier alpha value is -2.18. The second kappa shape index (κ2) is 3.76. The summed E-state index contributed by atoms with van der Waals surface area (Å²) in [5.41, 5.74) is 1.60. The van der Waals surface area contributed by atoms with E-state index >= 15 is 0 Å². The molecule has 0 spiro atoms. The summed E-state index contributed by atoms with van der Waals surface area (Å²) in [6.07, 6.45) is 0. The van der Waals surface area contributed by atoms with Crippen molar-refractivity contribution in [2.45, 2.75) is 20.4 Å². The third-order valence-electron chi connectivity index (χ3n) is 2.25. The van der Waals surface area contributed by atoms with E-state index < -0.39 is 11.8 Å². The number of hydrogen-bond acceptors (Lipinski definition) is 5. The Labute approximate surface area is 90.9 Å². The van der Waals surface area contributed by atoms with Gasteiger partial charge in [0.25, 0.3) is 0 Å². The SMILES string of the molecule is Cc1noc(C)c1CN=C1NC(=O)C(=O)N1. The van der Waals surface area contributed by atoms with Crippen LogP contribution in [0.3, 0.4) is 0 Å². The van der Waals surface area contributed by atoms with Crippen LogP contribution < -0.4 is 10.6 Å². The maximum Gasteiger partial charge on any atom is 0.316 e. The summed E-state index contributed by atoms with van der Waals surface area (Å²) < 4.78 is 4.96. The van der Waals surface area contributed by atoms with E-state index in [1.54, 1.807) is 13.8 Å². The quantitative estimate of drug-likeness (QED) is 0.652. The summed E-state index contributed by atoms with van der Waals surface area (Å²) in [6, 6.07) is 0. The van der Waals surface area contributed by atoms with Gasteiger partial charge in [-0.05, 0) is 13.8 Å². The van der Waals surface area contributed by atoms with Crippen LogP contribution in [-0.2, 0) is 16.1 Å². The zero-order chi connectivity index (χ0) is 11.7. The normalized spacial score (nSPS) is 15.0. The van der Waals surface area contributed by atoms with E-state index in [9.17, 15) is 9.59 Å². The number of hydrogen-bond donors (Lipinski definition) is 2. The molecule has 1 aromatic rings. The van der Waals surface area contributed by atoms with Crippen molar-refractivity contribution in [3.8, 4) is 0 Å². The van der Waals surface area contributed by atoms with Crippen molar-refractivity contribution in [2.24, 2.45) is 4.99 Å². The molecule has 7 heteroatoms. The molecular weight excluding hydrogens is 212 g/mol. The first-order valence-corrected chi connectivity index (χ1v) is 4.66. The molecule has 0 aliphatic carbocycles. The lowest BCUT2D eigenvalue weighted by Gasteiger charge is -1.96. The number of guanidine groups is 1. The van der Waals surface area contributed by atoms with Crippen LogP contribution in [0.4, 0.5) is 0 Å². The molecule has 1 aliphatic rings. The summed E-state index contributed by atoms with van der Waals surface area (Å²) in [4.78, 5) is 25.7. The second-order valence-electron chi connectivity index (χ2n) is 3.38. The molecule has 0 atom stereocenters. The number of aliphatic imine (C=N–C) groups is 1. The average Bonchev–Trinajstić information content (AvgIpc) is 2.70. The predicted molar refractivity (Wildman–Crippen MR) is 53.4 cm³/mol. The molecule has 0 aromatic carbocycles. The summed E-state index contributed by atoms with van der Waals surface area (Å²) in [7, 11) is 0. The van der Waals surface area contributed by atoms with Gasteiger partial charge in [0.1, 0.15) is 5.76 Å². The Morgan fingerprint density at radius 3 is 2.38 bits per heavy atom. The summed E-state index contributed by atoms with van der Waals surface area (Å²) in [5.74, 6) is -0.553. The third kappa shape index (κ3) is 1.79. The van der Waals surface area contributed by atoms with Crippen LogP contribution in [0.25, 0.3) is 0 Å². The topological polar surface area (TPSA) is 96.6 Å². The maximum absolute atomic E-state index is 10.8. The van der Waals surface area contributed by atoms with Crippen molar-refractivity contribution < 1.29 is 14.1 Å². The minimum Gasteiger partial charge on any atom is -0.361 e. The number of amides is 2. The number of aromatic nitrogens is 1. The fourth-order valence-corrected chi connectivity index (χ4v) is 1.32. The number of aryl methyl sites for hydroxylation is 2. The van der Waals surface area contributed by atoms with Gasteiger partial charge in [-0.1, -0.05) is 5.16 Å². The highest BCUT2D eigenvalue weighted by Crippen LogP contribution is 2.13. The van der Waals surface area contributed by atoms with Crippen molar-refractivity contribution >= 4 is 17.8 Å². The summed E-state index contributed by atoms with van der Waals surface area (Å²) in [6.45, 7) is 3.89. The zero-order valence-corrected chi connectivity index (χ0v) is 8.83. The maximum atomic E-state index is 10.8. The van der Waals surface area contributed by atoms with Crippen molar-refractivity contribution in [1.82, 2.24) is 15.8 Å². The molecule has 0 bridgehead atoms. The molecule has 0 saturated carbocycles. The highest BCUT2D eigenvalue weighted by Gasteiger charge is 2.25. The Morgan fingerprint density at radius 1 is 1.25 bits per heavy atom. The molecule has 7 nitrogen and oxygen atoms in total. The highest BCUT2D eigenvalue weighted by atomic mass is 16.5. The van der Waals surface area contributed by atoms with Gasteiger partial charge in [0.15, 0.2) is 0 Å². The third-order valence-corrected chi connectivity index (χ3v) is 2.25. The van der Waals surface area contributed by atoms with E-state index in [2.05, 4.69) is 20.8 Å². The fraction of sp³-hybridized carbons (Fsp3) is 0.333. The molecule has 84 valence electrons. The van der Waals surface area contributed by atoms with Gasteiger partial charge in [-0.2, -0.15) is 0 Å². The van der Waals surface area contributed by atoms with E-state index in [4.69, 9.17) is 4.52 Å². The van der Waals surface area contributed by atoms with Crippen molar-refractivity contribution in [3.63, 3.8) is 0 Å². The first-order valence-electron chi connectivity index (χ1n) is 4.66. The Kier molecular flexibility index (Phi) is 2.43. The lowest BCUT2D eigenvalue weighted by molar-refractivity contribution is -0.135. The number of carbonyl (C=O) groups is 2. The zero-order valence-electron chi connectivity index (χ0n) is 8.83. The van der Waals surface area contributed by atoms with E-state index in [1.807, 2.05) is 0 Å². The Bertz CT molecular complexity index is 451. The molecule has 0 radical (unpaired) electrons. The van der Waals surface area contributed by atoms with E-state index in [0.29, 0.717) is 12.3 Å². The number of carbonyl (C=O) groups excluding carboxylic acids is 2. The van der Waals surface area contributed by atoms with Crippen LogP contribution in [0.15, 0.2) is 9.52 Å². The van der Waals surface area contributed by atoms with Gasteiger partial charge < -0.3 is 4.52 Å². The van der Waals surface area contributed by atoms with Gasteiger partial charge in [-0.25, -0.2) is 4.99 Å². The summed E-state index contributed by atoms with van der Waals surface area (Å²) in [5, 5.41) is 8.38. The van der Waals surface area contributed by atoms with Gasteiger partial charge in [-0.15, -0.1) is 0 Å². The van der Waals surface area contributed by atoms with Gasteiger partial charge in [0, 0.05) is 5.56 Å². The minimum absolute atomic E-state index is 0.162. The van der Waals surface area contributed by atoms with E-state index in [1.165, 1.54) is 0 Å². The fourth-order valence-electron chi connectivity index (χ4n) is 1.32. The van der Waals surface area contributed by atoms with Crippen LogP contribution in [-0.4, -0.2) is 22.9 Å². The van der Waals surface area contributed by atoms with Crippen LogP contribution in [0.1, 0.15) is 17.0 Å². The van der Waals surface area contributed by atoms with Gasteiger partial charge in [-0.3, -0.25) is 20.2 Å². The number of nitrogens with zero attached hydrogens (tertiary/aromatic N) is 2. The Balaban J connectivity index is 2.10. The molecule has 1 fully saturated rings. The monoisotopic (exact) mass is 222 g/mol. The molecule has 2 N–H and O–H groups in total. The number of nitrogens with one attached hydrogen (secondary N) is 2.